The van der Waals surface area contributed by atoms with Crippen LogP contribution in [0.4, 0.5) is 18.0 Å². The van der Waals surface area contributed by atoms with E-state index in [1.54, 1.807) is 0 Å². The van der Waals surface area contributed by atoms with Gasteiger partial charge in [0.05, 0.1) is 13.2 Å². The quantitative estimate of drug-likeness (QED) is 0.674. The number of ether oxygens (including phenoxy) is 1. The Labute approximate surface area is 144 Å². The van der Waals surface area contributed by atoms with E-state index in [0.29, 0.717) is 25.9 Å². The third kappa shape index (κ3) is 6.69. The Kier molecular flexibility index (Phi) is 7.30. The zero-order valence-electron chi connectivity index (χ0n) is 14.1. The second-order valence-corrected chi connectivity index (χ2v) is 6.22. The second kappa shape index (κ2) is 9.23. The Morgan fingerprint density at radius 3 is 2.52 bits per heavy atom. The van der Waals surface area contributed by atoms with Gasteiger partial charge < -0.3 is 20.3 Å². The normalized spacial score (nSPS) is 22.0. The van der Waals surface area contributed by atoms with E-state index in [2.05, 4.69) is 10.2 Å². The number of nitrogens with zero attached hydrogens (tertiary/aromatic N) is 2. The molecule has 2 fully saturated rings. The van der Waals surface area contributed by atoms with Gasteiger partial charge in [0.1, 0.15) is 12.6 Å². The van der Waals surface area contributed by atoms with Crippen LogP contribution < -0.4 is 10.6 Å². The van der Waals surface area contributed by atoms with Crippen molar-refractivity contribution in [3.63, 3.8) is 0 Å². The van der Waals surface area contributed by atoms with E-state index in [1.165, 1.54) is 4.90 Å². The van der Waals surface area contributed by atoms with E-state index < -0.39 is 30.7 Å². The summed E-state index contributed by atoms with van der Waals surface area (Å²) in [4.78, 5) is 27.7. The SMILES string of the molecule is O=C(NCC(F)(F)F)C1CCCN1C(=O)NCCCN1CCOCC1. The molecule has 0 spiro atoms. The van der Waals surface area contributed by atoms with Crippen molar-refractivity contribution in [2.45, 2.75) is 31.5 Å². The summed E-state index contributed by atoms with van der Waals surface area (Å²) in [6, 6.07) is -1.23. The van der Waals surface area contributed by atoms with Crippen molar-refractivity contribution in [3.05, 3.63) is 0 Å². The van der Waals surface area contributed by atoms with Gasteiger partial charge in [-0.2, -0.15) is 13.2 Å². The fourth-order valence-corrected chi connectivity index (χ4v) is 3.01. The number of hydrogen-bond acceptors (Lipinski definition) is 4. The van der Waals surface area contributed by atoms with Gasteiger partial charge >= 0.3 is 12.2 Å². The molecule has 10 heteroatoms. The average Bonchev–Trinajstić information content (AvgIpc) is 3.06. The van der Waals surface area contributed by atoms with Gasteiger partial charge in [-0.15, -0.1) is 0 Å². The van der Waals surface area contributed by atoms with E-state index in [1.807, 2.05) is 5.32 Å². The molecule has 144 valence electrons. The van der Waals surface area contributed by atoms with E-state index in [-0.39, 0.29) is 0 Å². The Morgan fingerprint density at radius 2 is 1.84 bits per heavy atom. The molecule has 2 heterocycles. The van der Waals surface area contributed by atoms with E-state index in [4.69, 9.17) is 4.74 Å². The van der Waals surface area contributed by atoms with Crippen molar-refractivity contribution in [1.82, 2.24) is 20.4 Å². The second-order valence-electron chi connectivity index (χ2n) is 6.22. The molecule has 2 N–H and O–H groups in total. The van der Waals surface area contributed by atoms with E-state index in [0.717, 1.165) is 39.3 Å². The number of hydrogen-bond donors (Lipinski definition) is 2. The first kappa shape index (κ1) is 19.8. The molecular weight excluding hydrogens is 341 g/mol. The largest absolute Gasteiger partial charge is 0.405 e. The highest BCUT2D eigenvalue weighted by Gasteiger charge is 2.36. The smallest absolute Gasteiger partial charge is 0.379 e. The van der Waals surface area contributed by atoms with Gasteiger partial charge in [-0.1, -0.05) is 0 Å². The molecule has 0 saturated carbocycles. The average molecular weight is 366 g/mol. The lowest BCUT2D eigenvalue weighted by Crippen LogP contribution is -2.51. The molecule has 2 aliphatic heterocycles. The van der Waals surface area contributed by atoms with Crippen LogP contribution >= 0.6 is 0 Å². The number of carbonyl (C=O) groups is 2. The highest BCUT2D eigenvalue weighted by Crippen LogP contribution is 2.18. The predicted octanol–water partition coefficient (Wildman–Crippen LogP) is 0.561. The van der Waals surface area contributed by atoms with Crippen LogP contribution in [0.2, 0.25) is 0 Å². The summed E-state index contributed by atoms with van der Waals surface area (Å²) in [6.45, 7) is 3.49. The Bertz CT molecular complexity index is 456. The summed E-state index contributed by atoms with van der Waals surface area (Å²) >= 11 is 0. The van der Waals surface area contributed by atoms with Crippen molar-refractivity contribution in [2.75, 3.05) is 52.5 Å². The Morgan fingerprint density at radius 1 is 1.12 bits per heavy atom. The maximum Gasteiger partial charge on any atom is 0.405 e. The van der Waals surface area contributed by atoms with Gasteiger partial charge in [0.15, 0.2) is 0 Å². The topological polar surface area (TPSA) is 73.9 Å². The molecule has 1 atom stereocenters. The van der Waals surface area contributed by atoms with Crippen molar-refractivity contribution in [2.24, 2.45) is 0 Å². The van der Waals surface area contributed by atoms with Crippen LogP contribution in [-0.2, 0) is 9.53 Å². The van der Waals surface area contributed by atoms with E-state index in [9.17, 15) is 22.8 Å². The summed E-state index contributed by atoms with van der Waals surface area (Å²) in [5.41, 5.74) is 0. The van der Waals surface area contributed by atoms with Crippen LogP contribution in [0.1, 0.15) is 19.3 Å². The lowest BCUT2D eigenvalue weighted by Gasteiger charge is -2.27. The minimum atomic E-state index is -4.46. The number of alkyl halides is 3. The maximum atomic E-state index is 12.2. The van der Waals surface area contributed by atoms with Crippen LogP contribution in [0.25, 0.3) is 0 Å². The molecule has 2 aliphatic rings. The standard InChI is InChI=1S/C15H25F3N4O3/c16-15(17,18)11-20-13(23)12-3-1-6-22(12)14(24)19-4-2-5-21-7-9-25-10-8-21/h12H,1-11H2,(H,19,24)(H,20,23). The fraction of sp³-hybridized carbons (Fsp3) is 0.867. The molecule has 0 radical (unpaired) electrons. The summed E-state index contributed by atoms with van der Waals surface area (Å²) in [5.74, 6) is -0.752. The molecule has 0 aromatic heterocycles. The predicted molar refractivity (Wildman–Crippen MR) is 84.1 cm³/mol. The number of amides is 3. The highest BCUT2D eigenvalue weighted by molar-refractivity contribution is 5.87. The minimum absolute atomic E-state index is 0.374. The number of halogens is 3. The molecule has 2 rings (SSSR count). The number of rotatable bonds is 6. The first-order valence-corrected chi connectivity index (χ1v) is 8.56. The van der Waals surface area contributed by atoms with E-state index >= 15 is 0 Å². The lowest BCUT2D eigenvalue weighted by molar-refractivity contribution is -0.140. The summed E-state index contributed by atoms with van der Waals surface area (Å²) < 4.78 is 41.9. The molecule has 0 aromatic carbocycles. The van der Waals surface area contributed by atoms with Gasteiger partial charge in [0.25, 0.3) is 0 Å². The number of carbonyl (C=O) groups excluding carboxylic acids is 2. The lowest BCUT2D eigenvalue weighted by atomic mass is 10.2. The molecule has 0 bridgehead atoms. The molecule has 25 heavy (non-hydrogen) atoms. The Hall–Kier alpha value is -1.55. The fourth-order valence-electron chi connectivity index (χ4n) is 3.01. The van der Waals surface area contributed by atoms with Crippen LogP contribution in [-0.4, -0.2) is 86.4 Å². The molecule has 0 aromatic rings. The van der Waals surface area contributed by atoms with Gasteiger partial charge in [-0.25, -0.2) is 4.79 Å². The minimum Gasteiger partial charge on any atom is -0.379 e. The number of nitrogens with one attached hydrogen (secondary N) is 2. The Balaban J connectivity index is 1.69. The zero-order valence-corrected chi connectivity index (χ0v) is 14.1. The van der Waals surface area contributed by atoms with Crippen LogP contribution in [0.3, 0.4) is 0 Å². The monoisotopic (exact) mass is 366 g/mol. The van der Waals surface area contributed by atoms with Crippen LogP contribution in [0.15, 0.2) is 0 Å². The van der Waals surface area contributed by atoms with Crippen molar-refractivity contribution in [1.29, 1.82) is 0 Å². The summed E-state index contributed by atoms with van der Waals surface area (Å²) in [5, 5.41) is 4.60. The molecule has 0 aliphatic carbocycles. The third-order valence-electron chi connectivity index (χ3n) is 4.31. The van der Waals surface area contributed by atoms with Gasteiger partial charge in [-0.05, 0) is 25.8 Å². The highest BCUT2D eigenvalue weighted by atomic mass is 19.4. The number of morpholine rings is 1. The molecule has 7 nitrogen and oxygen atoms in total. The van der Waals surface area contributed by atoms with Crippen molar-refractivity contribution < 1.29 is 27.5 Å². The first-order chi connectivity index (χ1) is 11.9. The maximum absolute atomic E-state index is 12.2. The summed E-state index contributed by atoms with van der Waals surface area (Å²) in [7, 11) is 0. The number of likely N-dealkylation sites (tertiary alicyclic amines) is 1. The van der Waals surface area contributed by atoms with Crippen LogP contribution in [0.5, 0.6) is 0 Å². The van der Waals surface area contributed by atoms with Gasteiger partial charge in [0.2, 0.25) is 5.91 Å². The summed E-state index contributed by atoms with van der Waals surface area (Å²) in [6.07, 6.45) is -2.71. The van der Waals surface area contributed by atoms with Gasteiger partial charge in [-0.3, -0.25) is 9.69 Å². The zero-order chi connectivity index (χ0) is 18.3. The van der Waals surface area contributed by atoms with Crippen molar-refractivity contribution >= 4 is 11.9 Å². The van der Waals surface area contributed by atoms with Crippen LogP contribution in [0, 0.1) is 0 Å². The van der Waals surface area contributed by atoms with Gasteiger partial charge in [0, 0.05) is 26.2 Å². The third-order valence-corrected chi connectivity index (χ3v) is 4.31. The molecule has 3 amide bonds. The number of urea groups is 1. The first-order valence-electron chi connectivity index (χ1n) is 8.56. The van der Waals surface area contributed by atoms with Crippen molar-refractivity contribution in [3.8, 4) is 0 Å². The molecular formula is C15H25F3N4O3. The molecule has 2 saturated heterocycles. The molecule has 1 unspecified atom stereocenters.